The maximum Gasteiger partial charge on any atom is 0.329 e. The molecule has 1 unspecified atom stereocenters. The lowest BCUT2D eigenvalue weighted by atomic mass is 10.3. The average molecular weight is 259 g/mol. The van der Waals surface area contributed by atoms with E-state index in [1.165, 1.54) is 14.0 Å². The average Bonchev–Trinajstić information content (AvgIpc) is 2.30. The first-order valence-corrected chi connectivity index (χ1v) is 6.14. The lowest BCUT2D eigenvalue weighted by molar-refractivity contribution is -0.144. The topological polar surface area (TPSA) is 70.7 Å². The summed E-state index contributed by atoms with van der Waals surface area (Å²) in [7, 11) is 3.35. The van der Waals surface area contributed by atoms with Crippen molar-refractivity contribution in [3.05, 3.63) is 0 Å². The van der Waals surface area contributed by atoms with Crippen molar-refractivity contribution in [1.82, 2.24) is 15.5 Å². The number of nitrogens with one attached hydrogen (secondary N) is 2. The van der Waals surface area contributed by atoms with E-state index in [0.29, 0.717) is 12.6 Å². The van der Waals surface area contributed by atoms with Gasteiger partial charge in [-0.2, -0.15) is 0 Å². The van der Waals surface area contributed by atoms with Crippen LogP contribution in [0.25, 0.3) is 0 Å². The maximum atomic E-state index is 11.4. The molecule has 0 bridgehead atoms. The van der Waals surface area contributed by atoms with Gasteiger partial charge in [0.25, 0.3) is 0 Å². The van der Waals surface area contributed by atoms with Gasteiger partial charge in [-0.3, -0.25) is 4.79 Å². The van der Waals surface area contributed by atoms with Crippen LogP contribution >= 0.6 is 0 Å². The lowest BCUT2D eigenvalue weighted by Gasteiger charge is -2.22. The largest absolute Gasteiger partial charge is 0.467 e. The Bertz CT molecular complexity index is 269. The molecule has 18 heavy (non-hydrogen) atoms. The molecular weight excluding hydrogens is 234 g/mol. The van der Waals surface area contributed by atoms with Crippen molar-refractivity contribution in [2.45, 2.75) is 32.9 Å². The van der Waals surface area contributed by atoms with Gasteiger partial charge in [0.2, 0.25) is 5.91 Å². The monoisotopic (exact) mass is 259 g/mol. The minimum Gasteiger partial charge on any atom is -0.467 e. The van der Waals surface area contributed by atoms with Crippen molar-refractivity contribution in [2.75, 3.05) is 33.8 Å². The van der Waals surface area contributed by atoms with Crippen molar-refractivity contribution in [2.24, 2.45) is 0 Å². The van der Waals surface area contributed by atoms with E-state index in [9.17, 15) is 9.59 Å². The van der Waals surface area contributed by atoms with E-state index in [4.69, 9.17) is 0 Å². The summed E-state index contributed by atoms with van der Waals surface area (Å²) in [6.45, 7) is 7.62. The summed E-state index contributed by atoms with van der Waals surface area (Å²) in [6.07, 6.45) is 0. The molecule has 0 saturated carbocycles. The number of esters is 1. The molecule has 0 spiro atoms. The zero-order chi connectivity index (χ0) is 14.1. The number of ether oxygens (including phenoxy) is 1. The van der Waals surface area contributed by atoms with Crippen molar-refractivity contribution in [3.63, 3.8) is 0 Å². The molecule has 0 aromatic rings. The first-order chi connectivity index (χ1) is 8.38. The molecule has 1 amide bonds. The van der Waals surface area contributed by atoms with Crippen LogP contribution in [0.15, 0.2) is 0 Å². The van der Waals surface area contributed by atoms with Crippen LogP contribution < -0.4 is 10.6 Å². The van der Waals surface area contributed by atoms with Crippen LogP contribution in [0.5, 0.6) is 0 Å². The van der Waals surface area contributed by atoms with E-state index < -0.39 is 12.0 Å². The zero-order valence-corrected chi connectivity index (χ0v) is 11.9. The van der Waals surface area contributed by atoms with Crippen LogP contribution in [0, 0.1) is 0 Å². The first kappa shape index (κ1) is 16.9. The van der Waals surface area contributed by atoms with Gasteiger partial charge in [0.15, 0.2) is 0 Å². The van der Waals surface area contributed by atoms with Crippen LogP contribution in [-0.2, 0) is 14.3 Å². The minimum atomic E-state index is -0.628. The fraction of sp³-hybridized carbons (Fsp3) is 0.833. The quantitative estimate of drug-likeness (QED) is 0.458. The van der Waals surface area contributed by atoms with Gasteiger partial charge in [-0.25, -0.2) is 4.79 Å². The van der Waals surface area contributed by atoms with Crippen molar-refractivity contribution in [3.8, 4) is 0 Å². The van der Waals surface area contributed by atoms with Crippen LogP contribution in [0.1, 0.15) is 20.8 Å². The fourth-order valence-corrected chi connectivity index (χ4v) is 1.34. The van der Waals surface area contributed by atoms with E-state index in [1.807, 2.05) is 7.05 Å². The highest BCUT2D eigenvalue weighted by Gasteiger charge is 2.19. The number of amides is 1. The Balaban J connectivity index is 3.97. The molecule has 0 rings (SSSR count). The molecule has 0 radical (unpaired) electrons. The van der Waals surface area contributed by atoms with Gasteiger partial charge in [0.1, 0.15) is 6.04 Å². The standard InChI is InChI=1S/C12H25N3O3/c1-9(2)15(4)7-6-13-8-11(12(17)18-5)14-10(3)16/h9,11,13H,6-8H2,1-5H3,(H,14,16). The molecule has 0 saturated heterocycles. The number of rotatable bonds is 8. The fourth-order valence-electron chi connectivity index (χ4n) is 1.34. The third-order valence-electron chi connectivity index (χ3n) is 2.73. The second-order valence-corrected chi connectivity index (χ2v) is 4.55. The van der Waals surface area contributed by atoms with Crippen molar-refractivity contribution >= 4 is 11.9 Å². The molecule has 0 aliphatic rings. The summed E-state index contributed by atoms with van der Waals surface area (Å²) in [5, 5.41) is 5.69. The van der Waals surface area contributed by atoms with E-state index in [2.05, 4.69) is 34.1 Å². The Labute approximate surface area is 109 Å². The molecule has 6 heteroatoms. The minimum absolute atomic E-state index is 0.244. The van der Waals surface area contributed by atoms with Gasteiger partial charge in [0, 0.05) is 32.6 Å². The SMILES string of the molecule is COC(=O)C(CNCCN(C)C(C)C)NC(C)=O. The number of carbonyl (C=O) groups excluding carboxylic acids is 2. The number of nitrogens with zero attached hydrogens (tertiary/aromatic N) is 1. The number of hydrogen-bond acceptors (Lipinski definition) is 5. The Morgan fingerprint density at radius 2 is 1.94 bits per heavy atom. The molecule has 0 fully saturated rings. The first-order valence-electron chi connectivity index (χ1n) is 6.14. The molecular formula is C12H25N3O3. The predicted octanol–water partition coefficient (Wildman–Crippen LogP) is -0.406. The van der Waals surface area contributed by atoms with E-state index in [0.717, 1.165) is 13.1 Å². The number of hydrogen-bond donors (Lipinski definition) is 2. The summed E-state index contributed by atoms with van der Waals surface area (Å²) < 4.78 is 4.63. The summed E-state index contributed by atoms with van der Waals surface area (Å²) >= 11 is 0. The molecule has 106 valence electrons. The van der Waals surface area contributed by atoms with E-state index in [-0.39, 0.29) is 5.91 Å². The highest BCUT2D eigenvalue weighted by Crippen LogP contribution is 1.91. The third-order valence-corrected chi connectivity index (χ3v) is 2.73. The van der Waals surface area contributed by atoms with Crippen molar-refractivity contribution in [1.29, 1.82) is 0 Å². The smallest absolute Gasteiger partial charge is 0.329 e. The van der Waals surface area contributed by atoms with Crippen molar-refractivity contribution < 1.29 is 14.3 Å². The van der Waals surface area contributed by atoms with E-state index >= 15 is 0 Å². The van der Waals surface area contributed by atoms with Crippen LogP contribution in [0.4, 0.5) is 0 Å². The van der Waals surface area contributed by atoms with Crippen LogP contribution in [0.2, 0.25) is 0 Å². The normalized spacial score (nSPS) is 12.6. The second kappa shape index (κ2) is 8.88. The molecule has 0 aliphatic carbocycles. The van der Waals surface area contributed by atoms with Crippen LogP contribution in [-0.4, -0.2) is 62.7 Å². The molecule has 0 aliphatic heterocycles. The Hall–Kier alpha value is -1.14. The Morgan fingerprint density at radius 3 is 2.39 bits per heavy atom. The van der Waals surface area contributed by atoms with Gasteiger partial charge in [0.05, 0.1) is 7.11 Å². The molecule has 0 aromatic heterocycles. The highest BCUT2D eigenvalue weighted by molar-refractivity contribution is 5.83. The molecule has 0 heterocycles. The van der Waals surface area contributed by atoms with E-state index in [1.54, 1.807) is 0 Å². The Morgan fingerprint density at radius 1 is 1.33 bits per heavy atom. The molecule has 6 nitrogen and oxygen atoms in total. The molecule has 1 atom stereocenters. The summed E-state index contributed by atoms with van der Waals surface area (Å²) in [5.74, 6) is -0.679. The second-order valence-electron chi connectivity index (χ2n) is 4.55. The van der Waals surface area contributed by atoms with Gasteiger partial charge in [-0.05, 0) is 20.9 Å². The number of methoxy groups -OCH3 is 1. The summed E-state index contributed by atoms with van der Waals surface area (Å²) in [5.41, 5.74) is 0. The van der Waals surface area contributed by atoms with Gasteiger partial charge in [-0.15, -0.1) is 0 Å². The van der Waals surface area contributed by atoms with Crippen LogP contribution in [0.3, 0.4) is 0 Å². The number of likely N-dealkylation sites (N-methyl/N-ethyl adjacent to an activating group) is 1. The Kier molecular flexibility index (Phi) is 8.32. The predicted molar refractivity (Wildman–Crippen MR) is 70.3 cm³/mol. The third kappa shape index (κ3) is 7.24. The molecule has 0 aromatic carbocycles. The summed E-state index contributed by atoms with van der Waals surface area (Å²) in [4.78, 5) is 24.5. The van der Waals surface area contributed by atoms with Gasteiger partial charge in [-0.1, -0.05) is 0 Å². The lowest BCUT2D eigenvalue weighted by Crippen LogP contribution is -2.48. The maximum absolute atomic E-state index is 11.4. The zero-order valence-electron chi connectivity index (χ0n) is 11.9. The van der Waals surface area contributed by atoms with Gasteiger partial charge < -0.3 is 20.3 Å². The summed E-state index contributed by atoms with van der Waals surface area (Å²) in [6, 6.07) is -0.143. The highest BCUT2D eigenvalue weighted by atomic mass is 16.5. The van der Waals surface area contributed by atoms with Gasteiger partial charge >= 0.3 is 5.97 Å². The molecule has 2 N–H and O–H groups in total. The number of carbonyl (C=O) groups is 2.